The van der Waals surface area contributed by atoms with Crippen molar-refractivity contribution in [2.45, 2.75) is 51.7 Å². The minimum absolute atomic E-state index is 0.332. The Morgan fingerprint density at radius 1 is 1.17 bits per heavy atom. The summed E-state index contributed by atoms with van der Waals surface area (Å²) in [4.78, 5) is 0. The summed E-state index contributed by atoms with van der Waals surface area (Å²) in [7, 11) is 0. The third-order valence-electron chi connectivity index (χ3n) is 7.92. The van der Waals surface area contributed by atoms with Crippen LogP contribution in [0.3, 0.4) is 0 Å². The first-order valence-corrected chi connectivity index (χ1v) is 10.2. The van der Waals surface area contributed by atoms with Crippen LogP contribution in [-0.4, -0.2) is 22.7 Å². The van der Waals surface area contributed by atoms with E-state index in [1.165, 1.54) is 24.0 Å². The standard InChI is InChI=1S/C21H30OS/c1-13-5-7-14(8-6-13)17-15(11-22)12-23-19-18(17)16-9-10-21(19,4)20(16,2)3/h5-8,15-19,22H,9-12H2,1-4H3. The summed E-state index contributed by atoms with van der Waals surface area (Å²) < 4.78 is 0. The van der Waals surface area contributed by atoms with Crippen LogP contribution in [0.4, 0.5) is 0 Å². The molecule has 2 bridgehead atoms. The topological polar surface area (TPSA) is 20.2 Å². The number of thioether (sulfide) groups is 1. The lowest BCUT2D eigenvalue weighted by Gasteiger charge is -2.47. The zero-order valence-corrected chi connectivity index (χ0v) is 15.7. The van der Waals surface area contributed by atoms with Crippen molar-refractivity contribution in [3.05, 3.63) is 35.4 Å². The molecule has 2 aliphatic carbocycles. The van der Waals surface area contributed by atoms with E-state index in [-0.39, 0.29) is 0 Å². The first-order chi connectivity index (χ1) is 10.9. The average Bonchev–Trinajstić information content (AvgIpc) is 2.87. The molecule has 0 spiro atoms. The van der Waals surface area contributed by atoms with Crippen molar-refractivity contribution >= 4 is 11.8 Å². The molecule has 1 heterocycles. The Labute approximate surface area is 145 Å². The van der Waals surface area contributed by atoms with Gasteiger partial charge in [0.25, 0.3) is 0 Å². The van der Waals surface area contributed by atoms with Gasteiger partial charge in [-0.2, -0.15) is 11.8 Å². The van der Waals surface area contributed by atoms with Crippen molar-refractivity contribution in [1.29, 1.82) is 0 Å². The summed E-state index contributed by atoms with van der Waals surface area (Å²) in [6.45, 7) is 10.1. The molecule has 3 fully saturated rings. The number of aliphatic hydroxyl groups is 1. The quantitative estimate of drug-likeness (QED) is 0.834. The third-order valence-corrected chi connectivity index (χ3v) is 9.74. The summed E-state index contributed by atoms with van der Waals surface area (Å²) in [5.41, 5.74) is 3.70. The smallest absolute Gasteiger partial charge is 0.0473 e. The molecule has 6 unspecified atom stereocenters. The molecule has 1 saturated heterocycles. The number of rotatable bonds is 2. The molecular formula is C21H30OS. The van der Waals surface area contributed by atoms with Gasteiger partial charge in [0.1, 0.15) is 0 Å². The minimum Gasteiger partial charge on any atom is -0.396 e. The Kier molecular flexibility index (Phi) is 3.67. The van der Waals surface area contributed by atoms with Crippen molar-refractivity contribution in [1.82, 2.24) is 0 Å². The summed E-state index contributed by atoms with van der Waals surface area (Å²) in [6, 6.07) is 9.16. The number of aryl methyl sites for hydroxylation is 1. The normalized spacial score (nSPS) is 44.3. The van der Waals surface area contributed by atoms with Crippen LogP contribution in [0.25, 0.3) is 0 Å². The van der Waals surface area contributed by atoms with Gasteiger partial charge in [-0.25, -0.2) is 0 Å². The van der Waals surface area contributed by atoms with Crippen molar-refractivity contribution in [3.63, 3.8) is 0 Å². The van der Waals surface area contributed by atoms with Gasteiger partial charge >= 0.3 is 0 Å². The van der Waals surface area contributed by atoms with Gasteiger partial charge in [0.2, 0.25) is 0 Å². The second-order valence-electron chi connectivity index (χ2n) is 8.99. The van der Waals surface area contributed by atoms with Crippen LogP contribution in [0.5, 0.6) is 0 Å². The third kappa shape index (κ3) is 2.03. The lowest BCUT2D eigenvalue weighted by Crippen LogP contribution is -2.43. The molecule has 0 amide bonds. The van der Waals surface area contributed by atoms with Gasteiger partial charge in [-0.05, 0) is 65.6 Å². The lowest BCUT2D eigenvalue weighted by atomic mass is 9.68. The molecule has 2 saturated carbocycles. The Morgan fingerprint density at radius 2 is 1.87 bits per heavy atom. The van der Waals surface area contributed by atoms with Crippen LogP contribution in [-0.2, 0) is 0 Å². The molecule has 1 aliphatic heterocycles. The van der Waals surface area contributed by atoms with E-state index in [1.807, 2.05) is 0 Å². The molecule has 6 atom stereocenters. The van der Waals surface area contributed by atoms with E-state index in [2.05, 4.69) is 63.7 Å². The zero-order chi connectivity index (χ0) is 16.4. The lowest BCUT2D eigenvalue weighted by molar-refractivity contribution is 0.145. The summed E-state index contributed by atoms with van der Waals surface area (Å²) in [6.07, 6.45) is 2.77. The molecule has 126 valence electrons. The van der Waals surface area contributed by atoms with E-state index in [9.17, 15) is 5.11 Å². The predicted molar refractivity (Wildman–Crippen MR) is 98.8 cm³/mol. The fraction of sp³-hybridized carbons (Fsp3) is 0.714. The van der Waals surface area contributed by atoms with Crippen LogP contribution in [0, 0.1) is 35.5 Å². The number of aliphatic hydroxyl groups excluding tert-OH is 1. The van der Waals surface area contributed by atoms with Crippen LogP contribution in [0.1, 0.15) is 50.7 Å². The van der Waals surface area contributed by atoms with Crippen LogP contribution < -0.4 is 0 Å². The van der Waals surface area contributed by atoms with Crippen molar-refractivity contribution < 1.29 is 5.11 Å². The predicted octanol–water partition coefficient (Wildman–Crippen LogP) is 4.87. The Morgan fingerprint density at radius 3 is 2.52 bits per heavy atom. The van der Waals surface area contributed by atoms with Gasteiger partial charge in [-0.3, -0.25) is 0 Å². The Bertz CT molecular complexity index is 592. The molecular weight excluding hydrogens is 300 g/mol. The van der Waals surface area contributed by atoms with Gasteiger partial charge in [0.05, 0.1) is 0 Å². The molecule has 23 heavy (non-hydrogen) atoms. The fourth-order valence-electron chi connectivity index (χ4n) is 6.21. The summed E-state index contributed by atoms with van der Waals surface area (Å²) >= 11 is 2.17. The number of hydrogen-bond acceptors (Lipinski definition) is 2. The maximum atomic E-state index is 10.0. The Balaban J connectivity index is 1.78. The molecule has 1 nitrogen and oxygen atoms in total. The summed E-state index contributed by atoms with van der Waals surface area (Å²) in [5.74, 6) is 3.63. The van der Waals surface area contributed by atoms with Crippen LogP contribution >= 0.6 is 11.8 Å². The van der Waals surface area contributed by atoms with E-state index in [0.717, 1.165) is 22.8 Å². The maximum Gasteiger partial charge on any atom is 0.0473 e. The molecule has 3 aliphatic rings. The van der Waals surface area contributed by atoms with Gasteiger partial charge in [-0.1, -0.05) is 50.6 Å². The second-order valence-corrected chi connectivity index (χ2v) is 10.2. The van der Waals surface area contributed by atoms with E-state index >= 15 is 0 Å². The first-order valence-electron chi connectivity index (χ1n) is 9.19. The summed E-state index contributed by atoms with van der Waals surface area (Å²) in [5, 5.41) is 10.8. The van der Waals surface area contributed by atoms with E-state index in [1.54, 1.807) is 0 Å². The van der Waals surface area contributed by atoms with Gasteiger partial charge in [-0.15, -0.1) is 0 Å². The van der Waals surface area contributed by atoms with E-state index in [0.29, 0.717) is 29.3 Å². The molecule has 2 heteroatoms. The minimum atomic E-state index is 0.332. The number of hydrogen-bond donors (Lipinski definition) is 1. The van der Waals surface area contributed by atoms with Crippen LogP contribution in [0.15, 0.2) is 24.3 Å². The van der Waals surface area contributed by atoms with Crippen LogP contribution in [0.2, 0.25) is 0 Å². The fourth-order valence-corrected chi connectivity index (χ4v) is 8.35. The highest BCUT2D eigenvalue weighted by Gasteiger charge is 2.68. The van der Waals surface area contributed by atoms with Crippen molar-refractivity contribution in [2.24, 2.45) is 28.6 Å². The molecule has 4 rings (SSSR count). The Hall–Kier alpha value is -0.470. The maximum absolute atomic E-state index is 10.0. The molecule has 1 N–H and O–H groups in total. The average molecular weight is 331 g/mol. The van der Waals surface area contributed by atoms with Gasteiger partial charge in [0.15, 0.2) is 0 Å². The highest BCUT2D eigenvalue weighted by molar-refractivity contribution is 8.00. The number of fused-ring (bicyclic) bond motifs is 5. The van der Waals surface area contributed by atoms with Crippen molar-refractivity contribution in [3.8, 4) is 0 Å². The zero-order valence-electron chi connectivity index (χ0n) is 14.9. The van der Waals surface area contributed by atoms with Crippen molar-refractivity contribution in [2.75, 3.05) is 12.4 Å². The number of benzene rings is 1. The van der Waals surface area contributed by atoms with Gasteiger partial charge in [0, 0.05) is 11.9 Å². The van der Waals surface area contributed by atoms with Gasteiger partial charge < -0.3 is 5.11 Å². The molecule has 1 aromatic rings. The molecule has 1 aromatic carbocycles. The van der Waals surface area contributed by atoms with E-state index < -0.39 is 0 Å². The SMILES string of the molecule is Cc1ccc(C2C(CO)CSC3C2C2CCC3(C)C2(C)C)cc1. The van der Waals surface area contributed by atoms with E-state index in [4.69, 9.17) is 0 Å². The molecule has 0 radical (unpaired) electrons. The monoisotopic (exact) mass is 330 g/mol. The highest BCUT2D eigenvalue weighted by Crippen LogP contribution is 2.74. The molecule has 0 aromatic heterocycles. The highest BCUT2D eigenvalue weighted by atomic mass is 32.2. The first kappa shape index (κ1) is 16.0. The largest absolute Gasteiger partial charge is 0.396 e. The second kappa shape index (κ2) is 5.26.